The smallest absolute Gasteiger partial charge is 0.414 e. The first-order chi connectivity index (χ1) is 7.72. The summed E-state index contributed by atoms with van der Waals surface area (Å²) in [7, 11) is 0. The van der Waals surface area contributed by atoms with Crippen molar-refractivity contribution in [3.63, 3.8) is 0 Å². The number of imide groups is 1. The number of nitrogens with one attached hydrogen (secondary N) is 1. The van der Waals surface area contributed by atoms with Crippen LogP contribution in [0.2, 0.25) is 0 Å². The molecule has 1 aromatic rings. The topological polar surface area (TPSA) is 79.2 Å². The lowest BCUT2D eigenvalue weighted by molar-refractivity contribution is 0.0884. The second-order valence-electron chi connectivity index (χ2n) is 3.30. The first-order valence-electron chi connectivity index (χ1n) is 4.70. The molecule has 0 saturated heterocycles. The molecule has 0 fully saturated rings. The number of rotatable bonds is 1. The van der Waals surface area contributed by atoms with Crippen molar-refractivity contribution in [3.8, 4) is 6.07 Å². The van der Waals surface area contributed by atoms with Crippen molar-refractivity contribution < 1.29 is 14.3 Å². The van der Waals surface area contributed by atoms with Crippen LogP contribution in [0.15, 0.2) is 24.3 Å². The van der Waals surface area contributed by atoms with E-state index in [-0.39, 0.29) is 6.42 Å². The van der Waals surface area contributed by atoms with Gasteiger partial charge in [-0.05, 0) is 6.07 Å². The highest BCUT2D eigenvalue weighted by molar-refractivity contribution is 6.04. The van der Waals surface area contributed by atoms with E-state index in [9.17, 15) is 9.59 Å². The van der Waals surface area contributed by atoms with E-state index in [1.54, 1.807) is 24.3 Å². The number of cyclic esters (lactones) is 1. The molecule has 1 N–H and O–H groups in total. The largest absolute Gasteiger partial charge is 0.440 e. The Kier molecular flexibility index (Phi) is 2.56. The molecule has 5 heteroatoms. The lowest BCUT2D eigenvalue weighted by atomic mass is 10.0. The second kappa shape index (κ2) is 4.03. The Balaban J connectivity index is 2.49. The predicted molar refractivity (Wildman–Crippen MR) is 53.4 cm³/mol. The number of fused-ring (bicyclic) bond motifs is 1. The molecular formula is C11H8N2O3. The molecule has 0 aliphatic carbocycles. The first-order valence-corrected chi connectivity index (χ1v) is 4.70. The van der Waals surface area contributed by atoms with E-state index in [1.807, 2.05) is 6.07 Å². The lowest BCUT2D eigenvalue weighted by Gasteiger charge is -2.12. The minimum absolute atomic E-state index is 0.0255. The van der Waals surface area contributed by atoms with Gasteiger partial charge in [0.15, 0.2) is 0 Å². The van der Waals surface area contributed by atoms with Gasteiger partial charge in [0, 0.05) is 11.1 Å². The summed E-state index contributed by atoms with van der Waals surface area (Å²) in [6, 6.07) is 8.62. The molecule has 0 aromatic heterocycles. The maximum atomic E-state index is 11.6. The van der Waals surface area contributed by atoms with Crippen LogP contribution < -0.4 is 5.32 Å². The van der Waals surface area contributed by atoms with E-state index in [4.69, 9.17) is 10.00 Å². The number of carbonyl (C=O) groups is 2. The van der Waals surface area contributed by atoms with Gasteiger partial charge in [0.05, 0.1) is 12.5 Å². The summed E-state index contributed by atoms with van der Waals surface area (Å²) in [5.74, 6) is -0.499. The highest BCUT2D eigenvalue weighted by Gasteiger charge is 2.27. The van der Waals surface area contributed by atoms with Crippen molar-refractivity contribution in [2.75, 3.05) is 0 Å². The standard InChI is InChI=1S/C11H8N2O3/c12-6-5-9-7-3-1-2-4-8(7)10(14)13-11(15)16-9/h1-4,9H,5H2,(H,13,14,15). The van der Waals surface area contributed by atoms with Gasteiger partial charge in [0.25, 0.3) is 5.91 Å². The summed E-state index contributed by atoms with van der Waals surface area (Å²) >= 11 is 0. The number of benzene rings is 1. The summed E-state index contributed by atoms with van der Waals surface area (Å²) < 4.78 is 4.96. The Morgan fingerprint density at radius 3 is 2.88 bits per heavy atom. The predicted octanol–water partition coefficient (Wildman–Crippen LogP) is 1.52. The molecule has 5 nitrogen and oxygen atoms in total. The average Bonchev–Trinajstić information content (AvgIpc) is 2.38. The fraction of sp³-hybridized carbons (Fsp3) is 0.182. The number of ether oxygens (including phenoxy) is 1. The van der Waals surface area contributed by atoms with Crippen molar-refractivity contribution >= 4 is 12.0 Å². The number of nitrogens with zero attached hydrogens (tertiary/aromatic N) is 1. The summed E-state index contributed by atoms with van der Waals surface area (Å²) in [4.78, 5) is 22.8. The van der Waals surface area contributed by atoms with Gasteiger partial charge in [0.2, 0.25) is 0 Å². The summed E-state index contributed by atoms with van der Waals surface area (Å²) in [6.07, 6.45) is -1.48. The zero-order valence-electron chi connectivity index (χ0n) is 8.27. The van der Waals surface area contributed by atoms with Crippen LogP contribution in [0, 0.1) is 11.3 Å². The molecule has 1 unspecified atom stereocenters. The summed E-state index contributed by atoms with van der Waals surface area (Å²) in [5.41, 5.74) is 0.931. The number of hydrogen-bond acceptors (Lipinski definition) is 4. The van der Waals surface area contributed by atoms with Gasteiger partial charge in [-0.25, -0.2) is 4.79 Å². The maximum Gasteiger partial charge on any atom is 0.414 e. The summed E-state index contributed by atoms with van der Waals surface area (Å²) in [5, 5.41) is 10.7. The molecule has 0 spiro atoms. The Hall–Kier alpha value is -2.35. The molecule has 0 radical (unpaired) electrons. The van der Waals surface area contributed by atoms with E-state index in [1.165, 1.54) is 0 Å². The molecule has 2 rings (SSSR count). The Morgan fingerprint density at radius 2 is 2.12 bits per heavy atom. The molecule has 0 saturated carbocycles. The van der Waals surface area contributed by atoms with E-state index in [0.717, 1.165) is 0 Å². The average molecular weight is 216 g/mol. The minimum atomic E-state index is -0.818. The van der Waals surface area contributed by atoms with Crippen molar-refractivity contribution in [1.82, 2.24) is 5.32 Å². The molecule has 0 bridgehead atoms. The van der Waals surface area contributed by atoms with Gasteiger partial charge in [-0.1, -0.05) is 18.2 Å². The third kappa shape index (κ3) is 1.73. The number of alkyl carbamates (subject to hydrolysis) is 1. The molecule has 16 heavy (non-hydrogen) atoms. The molecule has 1 aliphatic heterocycles. The van der Waals surface area contributed by atoms with Gasteiger partial charge in [0.1, 0.15) is 6.10 Å². The first kappa shape index (κ1) is 10.2. The molecule has 2 amide bonds. The van der Waals surface area contributed by atoms with Crippen molar-refractivity contribution in [1.29, 1.82) is 5.26 Å². The number of hydrogen-bond donors (Lipinski definition) is 1. The fourth-order valence-corrected chi connectivity index (χ4v) is 1.60. The van der Waals surface area contributed by atoms with Crippen LogP contribution in [0.5, 0.6) is 0 Å². The van der Waals surface area contributed by atoms with Crippen LogP contribution in [-0.2, 0) is 4.74 Å². The molecule has 1 aliphatic rings. The molecule has 1 aromatic carbocycles. The quantitative estimate of drug-likeness (QED) is 0.771. The Morgan fingerprint density at radius 1 is 1.38 bits per heavy atom. The summed E-state index contributed by atoms with van der Waals surface area (Å²) in [6.45, 7) is 0. The van der Waals surface area contributed by atoms with Crippen molar-refractivity contribution in [3.05, 3.63) is 35.4 Å². The Bertz CT molecular complexity index is 490. The maximum absolute atomic E-state index is 11.6. The zero-order chi connectivity index (χ0) is 11.5. The number of nitriles is 1. The zero-order valence-corrected chi connectivity index (χ0v) is 8.27. The van der Waals surface area contributed by atoms with Crippen LogP contribution in [0.3, 0.4) is 0 Å². The number of amides is 2. The van der Waals surface area contributed by atoms with Gasteiger partial charge in [-0.2, -0.15) is 5.26 Å². The monoisotopic (exact) mass is 216 g/mol. The lowest BCUT2D eigenvalue weighted by Crippen LogP contribution is -2.28. The van der Waals surface area contributed by atoms with Crippen LogP contribution in [0.1, 0.15) is 28.4 Å². The SMILES string of the molecule is N#CCC1OC(=O)NC(=O)c2ccccc21. The van der Waals surface area contributed by atoms with E-state index >= 15 is 0 Å². The van der Waals surface area contributed by atoms with Gasteiger partial charge in [-0.3, -0.25) is 10.1 Å². The van der Waals surface area contributed by atoms with Crippen molar-refractivity contribution in [2.45, 2.75) is 12.5 Å². The third-order valence-electron chi connectivity index (χ3n) is 2.29. The second-order valence-corrected chi connectivity index (χ2v) is 3.30. The van der Waals surface area contributed by atoms with Crippen LogP contribution in [-0.4, -0.2) is 12.0 Å². The van der Waals surface area contributed by atoms with E-state index in [2.05, 4.69) is 5.32 Å². The fourth-order valence-electron chi connectivity index (χ4n) is 1.60. The van der Waals surface area contributed by atoms with E-state index in [0.29, 0.717) is 11.1 Å². The molecule has 80 valence electrons. The van der Waals surface area contributed by atoms with Gasteiger partial charge < -0.3 is 4.74 Å². The third-order valence-corrected chi connectivity index (χ3v) is 2.29. The van der Waals surface area contributed by atoms with Crippen LogP contribution in [0.25, 0.3) is 0 Å². The van der Waals surface area contributed by atoms with Gasteiger partial charge in [-0.15, -0.1) is 0 Å². The highest BCUT2D eigenvalue weighted by Crippen LogP contribution is 2.26. The van der Waals surface area contributed by atoms with Crippen LogP contribution in [0.4, 0.5) is 4.79 Å². The van der Waals surface area contributed by atoms with Gasteiger partial charge >= 0.3 is 6.09 Å². The highest BCUT2D eigenvalue weighted by atomic mass is 16.6. The van der Waals surface area contributed by atoms with Crippen molar-refractivity contribution in [2.24, 2.45) is 0 Å². The number of carbonyl (C=O) groups excluding carboxylic acids is 2. The van der Waals surface area contributed by atoms with Crippen LogP contribution >= 0.6 is 0 Å². The molecular weight excluding hydrogens is 208 g/mol. The minimum Gasteiger partial charge on any atom is -0.440 e. The Labute approximate surface area is 91.6 Å². The molecule has 1 atom stereocenters. The van der Waals surface area contributed by atoms with E-state index < -0.39 is 18.1 Å². The normalized spacial score (nSPS) is 18.8. The molecule has 1 heterocycles.